The number of amides is 1. The number of thioether (sulfide) groups is 1. The monoisotopic (exact) mass is 406 g/mol. The SMILES string of the molecule is Cc1ccc(SCCNC(=O)CN(c2ccc(C)c(C)c2)S(C)(=O)=O)cc1. The first-order valence-electron chi connectivity index (χ1n) is 8.68. The van der Waals surface area contributed by atoms with E-state index >= 15 is 0 Å². The van der Waals surface area contributed by atoms with Gasteiger partial charge >= 0.3 is 0 Å². The maximum Gasteiger partial charge on any atom is 0.240 e. The molecule has 0 aliphatic carbocycles. The third-order valence-corrected chi connectivity index (χ3v) is 6.33. The number of nitrogens with one attached hydrogen (secondary N) is 1. The number of hydrogen-bond donors (Lipinski definition) is 1. The summed E-state index contributed by atoms with van der Waals surface area (Å²) in [6.45, 7) is 6.17. The van der Waals surface area contributed by atoms with E-state index in [-0.39, 0.29) is 12.5 Å². The molecule has 2 rings (SSSR count). The van der Waals surface area contributed by atoms with Gasteiger partial charge in [-0.15, -0.1) is 11.8 Å². The second kappa shape index (κ2) is 9.28. The molecule has 0 saturated carbocycles. The Morgan fingerprint density at radius 3 is 2.30 bits per heavy atom. The highest BCUT2D eigenvalue weighted by atomic mass is 32.2. The van der Waals surface area contributed by atoms with Crippen LogP contribution in [-0.4, -0.2) is 39.4 Å². The summed E-state index contributed by atoms with van der Waals surface area (Å²) < 4.78 is 25.4. The molecule has 5 nitrogen and oxygen atoms in total. The number of hydrogen-bond acceptors (Lipinski definition) is 4. The van der Waals surface area contributed by atoms with E-state index in [2.05, 4.69) is 17.4 Å². The minimum Gasteiger partial charge on any atom is -0.354 e. The van der Waals surface area contributed by atoms with Gasteiger partial charge in [-0.3, -0.25) is 9.10 Å². The first-order valence-corrected chi connectivity index (χ1v) is 11.5. The van der Waals surface area contributed by atoms with Crippen molar-refractivity contribution >= 4 is 33.4 Å². The molecule has 1 N–H and O–H groups in total. The van der Waals surface area contributed by atoms with E-state index in [4.69, 9.17) is 0 Å². The normalized spacial score (nSPS) is 11.3. The Labute approximate surface area is 166 Å². The van der Waals surface area contributed by atoms with Crippen molar-refractivity contribution in [3.05, 3.63) is 59.2 Å². The Kier molecular flexibility index (Phi) is 7.33. The van der Waals surface area contributed by atoms with Crippen LogP contribution in [0.1, 0.15) is 16.7 Å². The Morgan fingerprint density at radius 2 is 1.70 bits per heavy atom. The molecule has 0 radical (unpaired) electrons. The van der Waals surface area contributed by atoms with Crippen molar-refractivity contribution < 1.29 is 13.2 Å². The van der Waals surface area contributed by atoms with Gasteiger partial charge in [-0.25, -0.2) is 8.42 Å². The van der Waals surface area contributed by atoms with Crippen LogP contribution in [0, 0.1) is 20.8 Å². The molecular formula is C20H26N2O3S2. The maximum atomic E-state index is 12.3. The lowest BCUT2D eigenvalue weighted by Gasteiger charge is -2.22. The highest BCUT2D eigenvalue weighted by Crippen LogP contribution is 2.21. The number of rotatable bonds is 8. The number of carbonyl (C=O) groups excluding carboxylic acids is 1. The van der Waals surface area contributed by atoms with Gasteiger partial charge in [-0.2, -0.15) is 0 Å². The number of sulfonamides is 1. The summed E-state index contributed by atoms with van der Waals surface area (Å²) in [4.78, 5) is 13.4. The molecule has 146 valence electrons. The molecule has 27 heavy (non-hydrogen) atoms. The van der Waals surface area contributed by atoms with Crippen LogP contribution >= 0.6 is 11.8 Å². The van der Waals surface area contributed by atoms with E-state index in [1.165, 1.54) is 5.56 Å². The molecule has 0 unspecified atom stereocenters. The number of anilines is 1. The summed E-state index contributed by atoms with van der Waals surface area (Å²) in [5, 5.41) is 2.80. The summed E-state index contributed by atoms with van der Waals surface area (Å²) >= 11 is 1.65. The number of nitrogens with zero attached hydrogens (tertiary/aromatic N) is 1. The molecule has 0 aliphatic heterocycles. The van der Waals surface area contributed by atoms with Gasteiger partial charge in [0.25, 0.3) is 0 Å². The van der Waals surface area contributed by atoms with Gasteiger partial charge in [-0.1, -0.05) is 23.8 Å². The van der Waals surface area contributed by atoms with Gasteiger partial charge in [0.05, 0.1) is 11.9 Å². The molecule has 2 aromatic carbocycles. The fraction of sp³-hybridized carbons (Fsp3) is 0.350. The molecule has 0 aliphatic rings. The van der Waals surface area contributed by atoms with Crippen molar-refractivity contribution in [2.45, 2.75) is 25.7 Å². The van der Waals surface area contributed by atoms with Crippen molar-refractivity contribution in [2.24, 2.45) is 0 Å². The average molecular weight is 407 g/mol. The molecule has 2 aromatic rings. The predicted octanol–water partition coefficient (Wildman–Crippen LogP) is 3.29. The predicted molar refractivity (Wildman–Crippen MR) is 113 cm³/mol. The fourth-order valence-electron chi connectivity index (χ4n) is 2.46. The van der Waals surface area contributed by atoms with Gasteiger partial charge in [0.15, 0.2) is 0 Å². The van der Waals surface area contributed by atoms with E-state index in [1.54, 1.807) is 23.9 Å². The summed E-state index contributed by atoms with van der Waals surface area (Å²) in [7, 11) is -3.55. The molecule has 0 bridgehead atoms. The minimum atomic E-state index is -3.55. The largest absolute Gasteiger partial charge is 0.354 e. The molecule has 0 aromatic heterocycles. The van der Waals surface area contributed by atoms with Crippen molar-refractivity contribution in [2.75, 3.05) is 29.4 Å². The zero-order chi connectivity index (χ0) is 20.0. The molecule has 1 amide bonds. The Bertz CT molecular complexity index is 894. The van der Waals surface area contributed by atoms with Crippen LogP contribution in [-0.2, 0) is 14.8 Å². The second-order valence-electron chi connectivity index (χ2n) is 6.55. The van der Waals surface area contributed by atoms with Crippen LogP contribution in [0.2, 0.25) is 0 Å². The van der Waals surface area contributed by atoms with Crippen LogP contribution in [0.3, 0.4) is 0 Å². The van der Waals surface area contributed by atoms with Crippen LogP contribution in [0.15, 0.2) is 47.4 Å². The van der Waals surface area contributed by atoms with Crippen molar-refractivity contribution in [3.63, 3.8) is 0 Å². The first-order chi connectivity index (χ1) is 12.7. The minimum absolute atomic E-state index is 0.226. The molecule has 0 heterocycles. The van der Waals surface area contributed by atoms with E-state index < -0.39 is 10.0 Å². The highest BCUT2D eigenvalue weighted by molar-refractivity contribution is 7.99. The van der Waals surface area contributed by atoms with E-state index in [0.29, 0.717) is 12.2 Å². The van der Waals surface area contributed by atoms with E-state index in [9.17, 15) is 13.2 Å². The van der Waals surface area contributed by atoms with Gasteiger partial charge in [-0.05, 0) is 56.2 Å². The van der Waals surface area contributed by atoms with Gasteiger partial charge < -0.3 is 5.32 Å². The average Bonchev–Trinajstić information content (AvgIpc) is 2.60. The first kappa shape index (κ1) is 21.3. The number of benzene rings is 2. The van der Waals surface area contributed by atoms with Gasteiger partial charge in [0, 0.05) is 17.2 Å². The Morgan fingerprint density at radius 1 is 1.04 bits per heavy atom. The van der Waals surface area contributed by atoms with Crippen LogP contribution in [0.5, 0.6) is 0 Å². The molecule has 0 atom stereocenters. The highest BCUT2D eigenvalue weighted by Gasteiger charge is 2.21. The van der Waals surface area contributed by atoms with Crippen molar-refractivity contribution in [1.82, 2.24) is 5.32 Å². The zero-order valence-electron chi connectivity index (χ0n) is 16.2. The summed E-state index contributed by atoms with van der Waals surface area (Å²) in [6, 6.07) is 13.6. The standard InChI is InChI=1S/C20H26N2O3S2/c1-15-5-9-19(10-6-15)26-12-11-21-20(23)14-22(27(4,24)25)18-8-7-16(2)17(3)13-18/h5-10,13H,11-12,14H2,1-4H3,(H,21,23). The van der Waals surface area contributed by atoms with Crippen LogP contribution < -0.4 is 9.62 Å². The van der Waals surface area contributed by atoms with Gasteiger partial charge in [0.2, 0.25) is 15.9 Å². The zero-order valence-corrected chi connectivity index (χ0v) is 17.8. The molecule has 0 fully saturated rings. The molecule has 7 heteroatoms. The summed E-state index contributed by atoms with van der Waals surface area (Å²) in [5.41, 5.74) is 3.77. The van der Waals surface area contributed by atoms with Crippen molar-refractivity contribution in [3.8, 4) is 0 Å². The van der Waals surface area contributed by atoms with Crippen LogP contribution in [0.25, 0.3) is 0 Å². The quantitative estimate of drug-likeness (QED) is 0.540. The number of aryl methyl sites for hydroxylation is 3. The lowest BCUT2D eigenvalue weighted by atomic mass is 10.1. The number of carbonyl (C=O) groups is 1. The Hall–Kier alpha value is -1.99. The lowest BCUT2D eigenvalue weighted by Crippen LogP contribution is -2.41. The second-order valence-corrected chi connectivity index (χ2v) is 9.62. The van der Waals surface area contributed by atoms with Crippen molar-refractivity contribution in [1.29, 1.82) is 0 Å². The topological polar surface area (TPSA) is 66.5 Å². The third-order valence-electron chi connectivity index (χ3n) is 4.18. The van der Waals surface area contributed by atoms with E-state index in [0.717, 1.165) is 32.3 Å². The lowest BCUT2D eigenvalue weighted by molar-refractivity contribution is -0.119. The Balaban J connectivity index is 1.92. The fourth-order valence-corrected chi connectivity index (χ4v) is 4.08. The maximum absolute atomic E-state index is 12.3. The smallest absolute Gasteiger partial charge is 0.240 e. The molecular weight excluding hydrogens is 380 g/mol. The molecule has 0 spiro atoms. The molecule has 0 saturated heterocycles. The van der Waals surface area contributed by atoms with Crippen LogP contribution in [0.4, 0.5) is 5.69 Å². The third kappa shape index (κ3) is 6.59. The summed E-state index contributed by atoms with van der Waals surface area (Å²) in [5.74, 6) is 0.403. The van der Waals surface area contributed by atoms with E-state index in [1.807, 2.05) is 39.0 Å². The van der Waals surface area contributed by atoms with Gasteiger partial charge in [0.1, 0.15) is 6.54 Å². The summed E-state index contributed by atoms with van der Waals surface area (Å²) in [6.07, 6.45) is 1.11.